The van der Waals surface area contributed by atoms with Crippen LogP contribution in [0.15, 0.2) is 35.4 Å². The zero-order chi connectivity index (χ0) is 11.8. The molecule has 0 spiro atoms. The number of hydrogen-bond acceptors (Lipinski definition) is 5. The number of benzene rings is 1. The Hall–Kier alpha value is -1.53. The molecule has 2 N–H and O–H groups in total. The van der Waals surface area contributed by atoms with Crippen molar-refractivity contribution in [2.45, 2.75) is 4.90 Å². The Bertz CT molecular complexity index is 622. The zero-order valence-electron chi connectivity index (χ0n) is 9.12. The standard InChI is InChI=1S/C11H10N4S2/c1-16-8-4-2-7(3-5-8)10-14-15-6-9(12)13-11(15)17-10/h2-6H,12H2,1H3. The molecule has 17 heavy (non-hydrogen) atoms. The molecule has 0 saturated carbocycles. The molecule has 0 unspecified atom stereocenters. The number of rotatable bonds is 2. The van der Waals surface area contributed by atoms with Gasteiger partial charge in [-0.05, 0) is 18.4 Å². The predicted molar refractivity (Wildman–Crippen MR) is 72.5 cm³/mol. The summed E-state index contributed by atoms with van der Waals surface area (Å²) in [4.78, 5) is 6.26. The van der Waals surface area contributed by atoms with Crippen LogP contribution in [0.5, 0.6) is 0 Å². The van der Waals surface area contributed by atoms with Gasteiger partial charge in [0.2, 0.25) is 4.96 Å². The minimum atomic E-state index is 0.507. The number of fused-ring (bicyclic) bond motifs is 1. The molecule has 1 aromatic carbocycles. The van der Waals surface area contributed by atoms with Gasteiger partial charge in [-0.2, -0.15) is 5.10 Å². The lowest BCUT2D eigenvalue weighted by Crippen LogP contribution is -1.84. The Balaban J connectivity index is 2.04. The third-order valence-electron chi connectivity index (χ3n) is 2.40. The quantitative estimate of drug-likeness (QED) is 0.721. The normalized spacial score (nSPS) is 11.1. The number of nitrogens with two attached hydrogens (primary N) is 1. The summed E-state index contributed by atoms with van der Waals surface area (Å²) in [6.07, 6.45) is 3.79. The van der Waals surface area contributed by atoms with Gasteiger partial charge in [0.25, 0.3) is 0 Å². The van der Waals surface area contributed by atoms with E-state index in [1.165, 1.54) is 16.2 Å². The second-order valence-electron chi connectivity index (χ2n) is 3.53. The second kappa shape index (κ2) is 4.05. The highest BCUT2D eigenvalue weighted by Crippen LogP contribution is 2.27. The van der Waals surface area contributed by atoms with Gasteiger partial charge in [-0.3, -0.25) is 0 Å². The Kier molecular flexibility index (Phi) is 2.53. The summed E-state index contributed by atoms with van der Waals surface area (Å²) in [5, 5.41) is 5.40. The van der Waals surface area contributed by atoms with Crippen molar-refractivity contribution in [1.29, 1.82) is 0 Å². The number of imidazole rings is 1. The molecule has 0 atom stereocenters. The van der Waals surface area contributed by atoms with E-state index in [0.717, 1.165) is 15.5 Å². The summed E-state index contributed by atoms with van der Waals surface area (Å²) in [5.41, 5.74) is 6.70. The summed E-state index contributed by atoms with van der Waals surface area (Å²) >= 11 is 3.27. The minimum Gasteiger partial charge on any atom is -0.382 e. The first-order valence-electron chi connectivity index (χ1n) is 5.02. The van der Waals surface area contributed by atoms with E-state index in [2.05, 4.69) is 40.6 Å². The van der Waals surface area contributed by atoms with Crippen LogP contribution in [0.1, 0.15) is 0 Å². The Morgan fingerprint density at radius 2 is 2.06 bits per heavy atom. The van der Waals surface area contributed by atoms with Gasteiger partial charge in [0.15, 0.2) is 0 Å². The van der Waals surface area contributed by atoms with E-state index in [1.807, 2.05) is 0 Å². The molecule has 3 aromatic rings. The average Bonchev–Trinajstić information content (AvgIpc) is 2.86. The Morgan fingerprint density at radius 1 is 1.29 bits per heavy atom. The highest BCUT2D eigenvalue weighted by Gasteiger charge is 2.08. The van der Waals surface area contributed by atoms with Crippen LogP contribution in [0.2, 0.25) is 0 Å². The molecule has 0 bridgehead atoms. The summed E-state index contributed by atoms with van der Waals surface area (Å²) in [6.45, 7) is 0. The first-order chi connectivity index (χ1) is 8.26. The van der Waals surface area contributed by atoms with Crippen molar-refractivity contribution in [3.63, 3.8) is 0 Å². The molecule has 0 amide bonds. The maximum absolute atomic E-state index is 5.59. The summed E-state index contributed by atoms with van der Waals surface area (Å²) in [6, 6.07) is 8.35. The topological polar surface area (TPSA) is 56.2 Å². The smallest absolute Gasteiger partial charge is 0.214 e. The molecule has 0 aliphatic carbocycles. The van der Waals surface area contributed by atoms with Gasteiger partial charge < -0.3 is 5.73 Å². The van der Waals surface area contributed by atoms with Gasteiger partial charge in [-0.25, -0.2) is 9.50 Å². The molecule has 0 radical (unpaired) electrons. The Labute approximate surface area is 106 Å². The third kappa shape index (κ3) is 1.89. The van der Waals surface area contributed by atoms with Crippen LogP contribution < -0.4 is 5.73 Å². The first-order valence-corrected chi connectivity index (χ1v) is 7.06. The molecule has 2 heterocycles. The van der Waals surface area contributed by atoms with Crippen LogP contribution in [-0.4, -0.2) is 20.9 Å². The van der Waals surface area contributed by atoms with E-state index in [0.29, 0.717) is 5.82 Å². The molecular formula is C11H10N4S2. The molecule has 0 fully saturated rings. The first kappa shape index (κ1) is 10.6. The molecule has 6 heteroatoms. The largest absolute Gasteiger partial charge is 0.382 e. The van der Waals surface area contributed by atoms with E-state index in [1.54, 1.807) is 22.5 Å². The third-order valence-corrected chi connectivity index (χ3v) is 4.11. The molecule has 0 aliphatic heterocycles. The van der Waals surface area contributed by atoms with Crippen LogP contribution in [0.25, 0.3) is 15.5 Å². The van der Waals surface area contributed by atoms with Crippen molar-refractivity contribution in [2.24, 2.45) is 0 Å². The number of nitrogens with zero attached hydrogens (tertiary/aromatic N) is 3. The predicted octanol–water partition coefficient (Wildman–Crippen LogP) is 2.76. The average molecular weight is 262 g/mol. The number of thioether (sulfide) groups is 1. The van der Waals surface area contributed by atoms with Crippen LogP contribution in [0.3, 0.4) is 0 Å². The van der Waals surface area contributed by atoms with Gasteiger partial charge in [-0.1, -0.05) is 23.5 Å². The van der Waals surface area contributed by atoms with E-state index >= 15 is 0 Å². The monoisotopic (exact) mass is 262 g/mol. The SMILES string of the molecule is CSc1ccc(-c2nn3cc(N)nc3s2)cc1. The van der Waals surface area contributed by atoms with Crippen LogP contribution in [0, 0.1) is 0 Å². The Morgan fingerprint density at radius 3 is 2.71 bits per heavy atom. The van der Waals surface area contributed by atoms with Crippen LogP contribution in [0.4, 0.5) is 5.82 Å². The van der Waals surface area contributed by atoms with E-state index in [-0.39, 0.29) is 0 Å². The van der Waals surface area contributed by atoms with Crippen molar-refractivity contribution in [1.82, 2.24) is 14.6 Å². The van der Waals surface area contributed by atoms with E-state index in [4.69, 9.17) is 5.73 Å². The fourth-order valence-electron chi connectivity index (χ4n) is 1.57. The van der Waals surface area contributed by atoms with Gasteiger partial charge in [-0.15, -0.1) is 11.8 Å². The van der Waals surface area contributed by atoms with E-state index < -0.39 is 0 Å². The summed E-state index contributed by atoms with van der Waals surface area (Å²) in [7, 11) is 0. The van der Waals surface area contributed by atoms with Crippen LogP contribution in [-0.2, 0) is 0 Å². The molecule has 3 rings (SSSR count). The highest BCUT2D eigenvalue weighted by molar-refractivity contribution is 7.98. The molecule has 0 aliphatic rings. The fraction of sp³-hybridized carbons (Fsp3) is 0.0909. The van der Waals surface area contributed by atoms with E-state index in [9.17, 15) is 0 Å². The second-order valence-corrected chi connectivity index (χ2v) is 5.36. The lowest BCUT2D eigenvalue weighted by Gasteiger charge is -1.97. The van der Waals surface area contributed by atoms with Crippen molar-refractivity contribution in [3.05, 3.63) is 30.5 Å². The fourth-order valence-corrected chi connectivity index (χ4v) is 2.87. The van der Waals surface area contributed by atoms with Gasteiger partial charge >= 0.3 is 0 Å². The highest BCUT2D eigenvalue weighted by atomic mass is 32.2. The lowest BCUT2D eigenvalue weighted by atomic mass is 10.2. The number of hydrogen-bond donors (Lipinski definition) is 1. The summed E-state index contributed by atoms with van der Waals surface area (Å²) in [5.74, 6) is 0.507. The summed E-state index contributed by atoms with van der Waals surface area (Å²) < 4.78 is 1.72. The van der Waals surface area contributed by atoms with Crippen molar-refractivity contribution in [3.8, 4) is 10.6 Å². The van der Waals surface area contributed by atoms with Crippen LogP contribution >= 0.6 is 23.1 Å². The maximum Gasteiger partial charge on any atom is 0.214 e. The molecule has 2 aromatic heterocycles. The lowest BCUT2D eigenvalue weighted by molar-refractivity contribution is 0.978. The van der Waals surface area contributed by atoms with Gasteiger partial charge in [0.1, 0.15) is 10.8 Å². The number of anilines is 1. The molecular weight excluding hydrogens is 252 g/mol. The van der Waals surface area contributed by atoms with Crippen molar-refractivity contribution < 1.29 is 0 Å². The molecule has 86 valence electrons. The maximum atomic E-state index is 5.59. The molecule has 0 saturated heterocycles. The van der Waals surface area contributed by atoms with Gasteiger partial charge in [0, 0.05) is 10.5 Å². The molecule has 4 nitrogen and oxygen atoms in total. The van der Waals surface area contributed by atoms with Crippen molar-refractivity contribution >= 4 is 33.9 Å². The zero-order valence-corrected chi connectivity index (χ0v) is 10.8. The number of aromatic nitrogens is 3. The number of nitrogen functional groups attached to an aromatic ring is 1. The van der Waals surface area contributed by atoms with Crippen molar-refractivity contribution in [2.75, 3.05) is 12.0 Å². The van der Waals surface area contributed by atoms with Gasteiger partial charge in [0.05, 0.1) is 6.20 Å². The minimum absolute atomic E-state index is 0.507.